The van der Waals surface area contributed by atoms with Gasteiger partial charge in [-0.05, 0) is 0 Å². The predicted molar refractivity (Wildman–Crippen MR) is 47.8 cm³/mol. The van der Waals surface area contributed by atoms with Crippen LogP contribution < -0.4 is 5.32 Å². The van der Waals surface area contributed by atoms with E-state index in [0.29, 0.717) is 18.5 Å². The van der Waals surface area contributed by atoms with Gasteiger partial charge in [-0.3, -0.25) is 0 Å². The topological polar surface area (TPSA) is 52.9 Å². The van der Waals surface area contributed by atoms with Crippen LogP contribution in [-0.2, 0) is 21.1 Å². The van der Waals surface area contributed by atoms with Crippen LogP contribution >= 0.6 is 0 Å². The van der Waals surface area contributed by atoms with E-state index in [4.69, 9.17) is 5.26 Å². The fourth-order valence-corrected chi connectivity index (χ4v) is 0.862. The summed E-state index contributed by atoms with van der Waals surface area (Å²) in [4.78, 5) is 11.3. The van der Waals surface area contributed by atoms with E-state index >= 15 is 0 Å². The SMILES string of the molecule is N#CCCNC(=O)c1[c-]cccc1.[W]. The Labute approximate surface area is 97.4 Å². The summed E-state index contributed by atoms with van der Waals surface area (Å²) in [6, 6.07) is 11.7. The Morgan fingerprint density at radius 1 is 1.57 bits per heavy atom. The van der Waals surface area contributed by atoms with Gasteiger partial charge in [-0.15, -0.1) is 30.3 Å². The van der Waals surface area contributed by atoms with Crippen molar-refractivity contribution in [3.8, 4) is 6.07 Å². The van der Waals surface area contributed by atoms with Crippen LogP contribution in [0.15, 0.2) is 24.3 Å². The summed E-state index contributed by atoms with van der Waals surface area (Å²) in [5.74, 6) is -0.184. The van der Waals surface area contributed by atoms with Crippen LogP contribution in [0, 0.1) is 17.4 Å². The molecule has 0 aliphatic heterocycles. The Kier molecular flexibility index (Phi) is 6.70. The number of carbonyl (C=O) groups is 1. The van der Waals surface area contributed by atoms with Crippen LogP contribution in [0.1, 0.15) is 16.8 Å². The van der Waals surface area contributed by atoms with Gasteiger partial charge < -0.3 is 10.1 Å². The third kappa shape index (κ3) is 4.20. The first-order chi connectivity index (χ1) is 6.34. The normalized spacial score (nSPS) is 8.21. The van der Waals surface area contributed by atoms with E-state index in [2.05, 4.69) is 11.4 Å². The van der Waals surface area contributed by atoms with E-state index < -0.39 is 0 Å². The molecule has 0 heterocycles. The minimum atomic E-state index is -0.184. The summed E-state index contributed by atoms with van der Waals surface area (Å²) < 4.78 is 0. The Hall–Kier alpha value is -1.13. The fourth-order valence-electron chi connectivity index (χ4n) is 0.862. The molecule has 0 aromatic heterocycles. The molecule has 0 aliphatic carbocycles. The van der Waals surface area contributed by atoms with Gasteiger partial charge in [-0.25, -0.2) is 0 Å². The molecule has 0 aliphatic rings. The van der Waals surface area contributed by atoms with Crippen LogP contribution in [0.25, 0.3) is 0 Å². The number of rotatable bonds is 3. The average molecular weight is 357 g/mol. The van der Waals surface area contributed by atoms with E-state index in [0.717, 1.165) is 0 Å². The second kappa shape index (κ2) is 7.29. The molecule has 0 saturated carbocycles. The zero-order chi connectivity index (χ0) is 9.52. The second-order valence-corrected chi connectivity index (χ2v) is 2.44. The van der Waals surface area contributed by atoms with Gasteiger partial charge in [0.25, 0.3) is 0 Å². The number of hydrogen-bond acceptors (Lipinski definition) is 2. The third-order valence-corrected chi connectivity index (χ3v) is 1.48. The molecule has 0 saturated heterocycles. The molecule has 1 rings (SSSR count). The zero-order valence-corrected chi connectivity index (χ0v) is 10.4. The first-order valence-electron chi connectivity index (χ1n) is 3.96. The molecule has 0 atom stereocenters. The van der Waals surface area contributed by atoms with E-state index in [-0.39, 0.29) is 27.0 Å². The number of hydrogen-bond donors (Lipinski definition) is 1. The van der Waals surface area contributed by atoms with Crippen molar-refractivity contribution in [1.82, 2.24) is 5.32 Å². The van der Waals surface area contributed by atoms with Gasteiger partial charge >= 0.3 is 0 Å². The zero-order valence-electron chi connectivity index (χ0n) is 7.49. The van der Waals surface area contributed by atoms with E-state index in [1.165, 1.54) is 0 Å². The number of nitriles is 1. The number of nitrogens with one attached hydrogen (secondary N) is 1. The van der Waals surface area contributed by atoms with Gasteiger partial charge in [-0.2, -0.15) is 5.26 Å². The van der Waals surface area contributed by atoms with Crippen molar-refractivity contribution in [3.05, 3.63) is 35.9 Å². The van der Waals surface area contributed by atoms with Gasteiger partial charge in [0.2, 0.25) is 0 Å². The van der Waals surface area contributed by atoms with Gasteiger partial charge in [0, 0.05) is 27.6 Å². The fraction of sp³-hybridized carbons (Fsp3) is 0.200. The van der Waals surface area contributed by atoms with Crippen molar-refractivity contribution in [2.75, 3.05) is 6.54 Å². The first kappa shape index (κ1) is 12.9. The summed E-state index contributed by atoms with van der Waals surface area (Å²) in [6.07, 6.45) is 0.332. The molecule has 0 bridgehead atoms. The second-order valence-electron chi connectivity index (χ2n) is 2.44. The predicted octanol–water partition coefficient (Wildman–Crippen LogP) is 1.13. The first-order valence-corrected chi connectivity index (χ1v) is 3.96. The molecule has 72 valence electrons. The van der Waals surface area contributed by atoms with E-state index in [1.54, 1.807) is 24.3 Å². The van der Waals surface area contributed by atoms with E-state index in [9.17, 15) is 4.79 Å². The number of benzene rings is 1. The van der Waals surface area contributed by atoms with Crippen LogP contribution in [-0.4, -0.2) is 12.5 Å². The Bertz CT molecular complexity index is 319. The number of carbonyl (C=O) groups excluding carboxylic acids is 1. The van der Waals surface area contributed by atoms with Crippen molar-refractivity contribution in [2.45, 2.75) is 6.42 Å². The van der Waals surface area contributed by atoms with Crippen molar-refractivity contribution in [1.29, 1.82) is 5.26 Å². The summed E-state index contributed by atoms with van der Waals surface area (Å²) in [6.45, 7) is 0.387. The van der Waals surface area contributed by atoms with Crippen molar-refractivity contribution in [3.63, 3.8) is 0 Å². The molecule has 3 nitrogen and oxygen atoms in total. The molecule has 1 N–H and O–H groups in total. The molecular weight excluding hydrogens is 348 g/mol. The minimum Gasteiger partial charge on any atom is -0.391 e. The average Bonchev–Trinajstić information content (AvgIpc) is 2.19. The number of amides is 1. The smallest absolute Gasteiger partial charge is 0.165 e. The van der Waals surface area contributed by atoms with Gasteiger partial charge in [0.1, 0.15) is 0 Å². The van der Waals surface area contributed by atoms with Crippen LogP contribution in [0.2, 0.25) is 0 Å². The molecule has 0 spiro atoms. The van der Waals surface area contributed by atoms with Gasteiger partial charge in [0.05, 0.1) is 12.5 Å². The Morgan fingerprint density at radius 3 is 2.93 bits per heavy atom. The monoisotopic (exact) mass is 357 g/mol. The van der Waals surface area contributed by atoms with Crippen LogP contribution in [0.4, 0.5) is 0 Å². The molecule has 4 heteroatoms. The van der Waals surface area contributed by atoms with Crippen LogP contribution in [0.3, 0.4) is 0 Å². The Balaban J connectivity index is 0.00000169. The summed E-state index contributed by atoms with van der Waals surface area (Å²) >= 11 is 0. The molecule has 1 aromatic carbocycles. The van der Waals surface area contributed by atoms with Gasteiger partial charge in [-0.1, -0.05) is 5.56 Å². The minimum absolute atomic E-state index is 0. The van der Waals surface area contributed by atoms with Crippen molar-refractivity contribution < 1.29 is 25.9 Å². The maximum atomic E-state index is 11.3. The molecule has 1 aromatic rings. The summed E-state index contributed by atoms with van der Waals surface area (Å²) in [5.41, 5.74) is 0.500. The van der Waals surface area contributed by atoms with Crippen molar-refractivity contribution in [2.24, 2.45) is 0 Å². The summed E-state index contributed by atoms with van der Waals surface area (Å²) in [7, 11) is 0. The van der Waals surface area contributed by atoms with Crippen molar-refractivity contribution >= 4 is 5.91 Å². The number of nitrogens with zero attached hydrogens (tertiary/aromatic N) is 1. The third-order valence-electron chi connectivity index (χ3n) is 1.48. The van der Waals surface area contributed by atoms with Crippen LogP contribution in [0.5, 0.6) is 0 Å². The molecule has 1 amide bonds. The van der Waals surface area contributed by atoms with E-state index in [1.807, 2.05) is 6.07 Å². The Morgan fingerprint density at radius 2 is 2.36 bits per heavy atom. The molecule has 0 radical (unpaired) electrons. The summed E-state index contributed by atoms with van der Waals surface area (Å²) in [5, 5.41) is 10.8. The quantitative estimate of drug-likeness (QED) is 0.652. The molecule has 0 unspecified atom stereocenters. The van der Waals surface area contributed by atoms with Gasteiger partial charge in [0.15, 0.2) is 5.91 Å². The molecule has 0 fully saturated rings. The molecule has 14 heavy (non-hydrogen) atoms. The maximum Gasteiger partial charge on any atom is 0.165 e. The molecular formula is C10H9N2OW-. The standard InChI is InChI=1S/C10H9N2O.W/c11-7-4-8-12-10(13)9-5-2-1-3-6-9;/h1-3,5H,4,8H2,(H,12,13);/q-1;. The largest absolute Gasteiger partial charge is 0.391 e. The maximum absolute atomic E-state index is 11.3.